The van der Waals surface area contributed by atoms with Crippen molar-refractivity contribution in [2.75, 3.05) is 31.2 Å². The van der Waals surface area contributed by atoms with E-state index in [9.17, 15) is 0 Å². The van der Waals surface area contributed by atoms with Crippen LogP contribution in [0.3, 0.4) is 0 Å². The molecule has 0 aromatic heterocycles. The van der Waals surface area contributed by atoms with E-state index >= 15 is 0 Å². The van der Waals surface area contributed by atoms with Gasteiger partial charge in [0.05, 0.1) is 6.61 Å². The lowest BCUT2D eigenvalue weighted by atomic mass is 10.2. The number of rotatable bonds is 7. The van der Waals surface area contributed by atoms with E-state index < -0.39 is 0 Å². The summed E-state index contributed by atoms with van der Waals surface area (Å²) in [6.45, 7) is 5.85. The summed E-state index contributed by atoms with van der Waals surface area (Å²) in [5.74, 6) is 0. The van der Waals surface area contributed by atoms with Gasteiger partial charge in [0.1, 0.15) is 0 Å². The Kier molecular flexibility index (Phi) is 6.83. The van der Waals surface area contributed by atoms with E-state index in [1.165, 1.54) is 18.5 Å². The molecule has 1 saturated heterocycles. The van der Waals surface area contributed by atoms with Crippen molar-refractivity contribution in [1.82, 2.24) is 0 Å². The molecule has 112 valence electrons. The Bertz CT molecular complexity index is 377. The zero-order chi connectivity index (χ0) is 14.2. The highest BCUT2D eigenvalue weighted by Gasteiger charge is 2.13. The maximum atomic E-state index is 5.78. The molecular weight excluding hydrogens is 318 g/mol. The van der Waals surface area contributed by atoms with Gasteiger partial charge in [0.2, 0.25) is 0 Å². The van der Waals surface area contributed by atoms with Crippen molar-refractivity contribution in [1.29, 1.82) is 0 Å². The lowest BCUT2D eigenvalue weighted by molar-refractivity contribution is -0.162. The first-order chi connectivity index (χ1) is 9.79. The molecule has 1 aliphatic heterocycles. The smallest absolute Gasteiger partial charge is 0.157 e. The first-order valence-electron chi connectivity index (χ1n) is 7.53. The van der Waals surface area contributed by atoms with Crippen LogP contribution in [0.4, 0.5) is 5.69 Å². The molecule has 1 atom stereocenters. The molecule has 0 aliphatic carbocycles. The van der Waals surface area contributed by atoms with Gasteiger partial charge in [-0.1, -0.05) is 15.9 Å². The predicted octanol–water partition coefficient (Wildman–Crippen LogP) is 4.21. The van der Waals surface area contributed by atoms with E-state index in [0.29, 0.717) is 0 Å². The number of benzene rings is 1. The van der Waals surface area contributed by atoms with E-state index in [4.69, 9.17) is 9.47 Å². The van der Waals surface area contributed by atoms with Gasteiger partial charge >= 0.3 is 0 Å². The minimum Gasteiger partial charge on any atom is -0.372 e. The van der Waals surface area contributed by atoms with E-state index in [1.807, 2.05) is 0 Å². The fraction of sp³-hybridized carbons (Fsp3) is 0.625. The Balaban J connectivity index is 1.69. The molecule has 1 fully saturated rings. The van der Waals surface area contributed by atoms with Crippen LogP contribution in [-0.4, -0.2) is 32.6 Å². The van der Waals surface area contributed by atoms with Crippen LogP contribution in [0, 0.1) is 0 Å². The van der Waals surface area contributed by atoms with Crippen molar-refractivity contribution in [3.05, 3.63) is 28.7 Å². The summed E-state index contributed by atoms with van der Waals surface area (Å²) in [7, 11) is 0. The molecule has 3 nitrogen and oxygen atoms in total. The van der Waals surface area contributed by atoms with Gasteiger partial charge in [0, 0.05) is 29.9 Å². The number of hydrogen-bond acceptors (Lipinski definition) is 3. The molecule has 1 heterocycles. The van der Waals surface area contributed by atoms with Crippen LogP contribution in [0.5, 0.6) is 0 Å². The lowest BCUT2D eigenvalue weighted by Crippen LogP contribution is -2.27. The van der Waals surface area contributed by atoms with Gasteiger partial charge in [-0.2, -0.15) is 0 Å². The van der Waals surface area contributed by atoms with Crippen LogP contribution in [-0.2, 0) is 9.47 Å². The van der Waals surface area contributed by atoms with E-state index in [1.54, 1.807) is 0 Å². The number of halogens is 1. The Labute approximate surface area is 130 Å². The summed E-state index contributed by atoms with van der Waals surface area (Å²) >= 11 is 3.47. The quantitative estimate of drug-likeness (QED) is 0.693. The van der Waals surface area contributed by atoms with Crippen LogP contribution >= 0.6 is 15.9 Å². The molecule has 1 unspecified atom stereocenters. The molecule has 0 amide bonds. The minimum atomic E-state index is 0.0338. The zero-order valence-electron chi connectivity index (χ0n) is 12.2. The van der Waals surface area contributed by atoms with Crippen LogP contribution in [0.2, 0.25) is 0 Å². The van der Waals surface area contributed by atoms with Gasteiger partial charge < -0.3 is 14.4 Å². The fourth-order valence-corrected chi connectivity index (χ4v) is 2.70. The Morgan fingerprint density at radius 2 is 2.10 bits per heavy atom. The standard InChI is InChI=1S/C16H24BrNO2/c1-2-18(15-9-7-14(17)8-10-15)11-5-13-20-16-6-3-4-12-19-16/h7-10,16H,2-6,11-13H2,1H3. The van der Waals surface area contributed by atoms with Crippen molar-refractivity contribution in [3.8, 4) is 0 Å². The summed E-state index contributed by atoms with van der Waals surface area (Å²) in [6.07, 6.45) is 4.51. The predicted molar refractivity (Wildman–Crippen MR) is 86.2 cm³/mol. The van der Waals surface area contributed by atoms with Crippen LogP contribution < -0.4 is 4.90 Å². The number of nitrogens with zero attached hydrogens (tertiary/aromatic N) is 1. The van der Waals surface area contributed by atoms with Crippen molar-refractivity contribution in [2.24, 2.45) is 0 Å². The number of hydrogen-bond donors (Lipinski definition) is 0. The highest BCUT2D eigenvalue weighted by atomic mass is 79.9. The van der Waals surface area contributed by atoms with Gasteiger partial charge in [-0.15, -0.1) is 0 Å². The maximum Gasteiger partial charge on any atom is 0.157 e. The van der Waals surface area contributed by atoms with Crippen molar-refractivity contribution in [2.45, 2.75) is 38.9 Å². The van der Waals surface area contributed by atoms with E-state index in [-0.39, 0.29) is 6.29 Å². The van der Waals surface area contributed by atoms with E-state index in [0.717, 1.165) is 43.6 Å². The zero-order valence-corrected chi connectivity index (χ0v) is 13.8. The monoisotopic (exact) mass is 341 g/mol. The van der Waals surface area contributed by atoms with E-state index in [2.05, 4.69) is 52.0 Å². The Morgan fingerprint density at radius 1 is 1.30 bits per heavy atom. The Morgan fingerprint density at radius 3 is 2.75 bits per heavy atom. The summed E-state index contributed by atoms with van der Waals surface area (Å²) in [5, 5.41) is 0. The first-order valence-corrected chi connectivity index (χ1v) is 8.32. The molecule has 0 N–H and O–H groups in total. The fourth-order valence-electron chi connectivity index (χ4n) is 2.43. The normalized spacial score (nSPS) is 19.0. The van der Waals surface area contributed by atoms with Gasteiger partial charge in [-0.05, 0) is 56.9 Å². The summed E-state index contributed by atoms with van der Waals surface area (Å²) in [5.41, 5.74) is 1.27. The molecule has 4 heteroatoms. The summed E-state index contributed by atoms with van der Waals surface area (Å²) in [4.78, 5) is 2.37. The second-order valence-electron chi connectivity index (χ2n) is 5.08. The third kappa shape index (κ3) is 5.08. The Hall–Kier alpha value is -0.580. The first kappa shape index (κ1) is 15.8. The van der Waals surface area contributed by atoms with Crippen LogP contribution in [0.15, 0.2) is 28.7 Å². The van der Waals surface area contributed by atoms with Gasteiger partial charge in [0.25, 0.3) is 0 Å². The molecule has 1 aliphatic rings. The van der Waals surface area contributed by atoms with Crippen molar-refractivity contribution >= 4 is 21.6 Å². The summed E-state index contributed by atoms with van der Waals surface area (Å²) in [6, 6.07) is 8.48. The summed E-state index contributed by atoms with van der Waals surface area (Å²) < 4.78 is 12.5. The molecule has 2 rings (SSSR count). The molecule has 0 saturated carbocycles. The molecular formula is C16H24BrNO2. The second kappa shape index (κ2) is 8.65. The maximum absolute atomic E-state index is 5.78. The number of anilines is 1. The SMILES string of the molecule is CCN(CCCOC1CCCCO1)c1ccc(Br)cc1. The van der Waals surface area contributed by atoms with Crippen LogP contribution in [0.25, 0.3) is 0 Å². The van der Waals surface area contributed by atoms with Gasteiger partial charge in [-0.25, -0.2) is 0 Å². The largest absolute Gasteiger partial charge is 0.372 e. The topological polar surface area (TPSA) is 21.7 Å². The average molecular weight is 342 g/mol. The highest BCUT2D eigenvalue weighted by Crippen LogP contribution is 2.19. The molecule has 0 radical (unpaired) electrons. The van der Waals surface area contributed by atoms with Crippen LogP contribution in [0.1, 0.15) is 32.6 Å². The van der Waals surface area contributed by atoms with Gasteiger partial charge in [-0.3, -0.25) is 0 Å². The minimum absolute atomic E-state index is 0.0338. The van der Waals surface area contributed by atoms with Gasteiger partial charge in [0.15, 0.2) is 6.29 Å². The van der Waals surface area contributed by atoms with Crippen molar-refractivity contribution in [3.63, 3.8) is 0 Å². The third-order valence-electron chi connectivity index (χ3n) is 3.59. The molecule has 0 bridgehead atoms. The lowest BCUT2D eigenvalue weighted by Gasteiger charge is -2.25. The number of ether oxygens (including phenoxy) is 2. The molecule has 0 spiro atoms. The molecule has 1 aromatic rings. The highest BCUT2D eigenvalue weighted by molar-refractivity contribution is 9.10. The second-order valence-corrected chi connectivity index (χ2v) is 5.99. The average Bonchev–Trinajstić information content (AvgIpc) is 2.50. The van der Waals surface area contributed by atoms with Crippen molar-refractivity contribution < 1.29 is 9.47 Å². The molecule has 1 aromatic carbocycles. The third-order valence-corrected chi connectivity index (χ3v) is 4.12. The molecule has 20 heavy (non-hydrogen) atoms.